The zero-order valence-corrected chi connectivity index (χ0v) is 14.7. The number of hydrogen-bond acceptors (Lipinski definition) is 4. The molecule has 0 saturated heterocycles. The fraction of sp³-hybridized carbons (Fsp3) is 0.150. The lowest BCUT2D eigenvalue weighted by atomic mass is 10.1. The summed E-state index contributed by atoms with van der Waals surface area (Å²) in [5, 5.41) is 15.8. The molecule has 0 spiro atoms. The number of aliphatic hydroxyl groups excluding tert-OH is 1. The van der Waals surface area contributed by atoms with E-state index in [0.717, 1.165) is 11.3 Å². The van der Waals surface area contributed by atoms with Gasteiger partial charge in [-0.05, 0) is 37.3 Å². The Morgan fingerprint density at radius 3 is 2.70 bits per heavy atom. The second-order valence-electron chi connectivity index (χ2n) is 6.35. The van der Waals surface area contributed by atoms with E-state index in [4.69, 9.17) is 5.11 Å². The number of rotatable bonds is 4. The van der Waals surface area contributed by atoms with Crippen molar-refractivity contribution in [1.29, 1.82) is 0 Å². The number of carbonyl (C=O) groups is 1. The summed E-state index contributed by atoms with van der Waals surface area (Å²) >= 11 is 0. The van der Waals surface area contributed by atoms with Crippen LogP contribution in [0.5, 0.6) is 0 Å². The van der Waals surface area contributed by atoms with Crippen LogP contribution in [0.2, 0.25) is 0 Å². The minimum Gasteiger partial charge on any atom is -0.395 e. The predicted molar refractivity (Wildman–Crippen MR) is 103 cm³/mol. The number of fused-ring (bicyclic) bond motifs is 3. The van der Waals surface area contributed by atoms with Crippen molar-refractivity contribution in [2.75, 3.05) is 13.2 Å². The van der Waals surface area contributed by atoms with Crippen molar-refractivity contribution in [3.8, 4) is 5.69 Å². The number of nitrogens with one attached hydrogen (secondary N) is 2. The van der Waals surface area contributed by atoms with Crippen molar-refractivity contribution in [2.45, 2.75) is 6.92 Å². The molecule has 2 aromatic heterocycles. The summed E-state index contributed by atoms with van der Waals surface area (Å²) in [6, 6.07) is 12.7. The van der Waals surface area contributed by atoms with Crippen LogP contribution in [0.1, 0.15) is 15.9 Å². The number of amides is 1. The molecule has 0 aliphatic heterocycles. The molecule has 4 aromatic rings. The molecule has 1 amide bonds. The number of aliphatic hydroxyl groups is 1. The van der Waals surface area contributed by atoms with E-state index in [2.05, 4.69) is 15.4 Å². The van der Waals surface area contributed by atoms with Crippen molar-refractivity contribution in [3.63, 3.8) is 0 Å². The number of hydrogen-bond donors (Lipinski definition) is 3. The smallest absolute Gasteiger partial charge is 0.280 e. The molecule has 0 unspecified atom stereocenters. The molecule has 0 bridgehead atoms. The van der Waals surface area contributed by atoms with Crippen molar-refractivity contribution in [1.82, 2.24) is 20.1 Å². The maximum Gasteiger partial charge on any atom is 0.280 e. The Morgan fingerprint density at radius 2 is 1.96 bits per heavy atom. The molecule has 2 aromatic carbocycles. The van der Waals surface area contributed by atoms with Gasteiger partial charge in [-0.2, -0.15) is 0 Å². The zero-order chi connectivity index (χ0) is 19.0. The average Bonchev–Trinajstić information content (AvgIpc) is 3.03. The third-order valence-electron chi connectivity index (χ3n) is 4.48. The molecule has 27 heavy (non-hydrogen) atoms. The number of H-pyrrole nitrogens is 1. The Labute approximate surface area is 154 Å². The van der Waals surface area contributed by atoms with Gasteiger partial charge >= 0.3 is 0 Å². The third-order valence-corrected chi connectivity index (χ3v) is 4.48. The molecule has 136 valence electrons. The van der Waals surface area contributed by atoms with Crippen LogP contribution in [0.25, 0.3) is 27.5 Å². The molecule has 3 N–H and O–H groups in total. The summed E-state index contributed by atoms with van der Waals surface area (Å²) in [4.78, 5) is 29.3. The number of nitrogens with zero attached hydrogens (tertiary/aromatic N) is 2. The minimum absolute atomic E-state index is 0.127. The molecule has 0 saturated carbocycles. The second kappa shape index (κ2) is 6.69. The van der Waals surface area contributed by atoms with Gasteiger partial charge in [-0.3, -0.25) is 19.7 Å². The average molecular weight is 362 g/mol. The van der Waals surface area contributed by atoms with E-state index in [1.807, 2.05) is 31.2 Å². The number of aromatic nitrogens is 3. The van der Waals surface area contributed by atoms with E-state index in [-0.39, 0.29) is 24.6 Å². The molecule has 7 nitrogen and oxygen atoms in total. The van der Waals surface area contributed by atoms with Crippen LogP contribution in [-0.2, 0) is 0 Å². The van der Waals surface area contributed by atoms with Gasteiger partial charge in [0, 0.05) is 23.7 Å². The summed E-state index contributed by atoms with van der Waals surface area (Å²) in [5.74, 6) is -0.289. The lowest BCUT2D eigenvalue weighted by Gasteiger charge is -2.05. The first kappa shape index (κ1) is 17.0. The first-order valence-corrected chi connectivity index (χ1v) is 8.58. The highest BCUT2D eigenvalue weighted by Crippen LogP contribution is 2.22. The Bertz CT molecular complexity index is 1210. The first-order valence-electron chi connectivity index (χ1n) is 8.58. The van der Waals surface area contributed by atoms with E-state index >= 15 is 0 Å². The van der Waals surface area contributed by atoms with Gasteiger partial charge in [0.05, 0.1) is 28.7 Å². The molecule has 0 aliphatic carbocycles. The number of benzene rings is 2. The van der Waals surface area contributed by atoms with Crippen LogP contribution in [0.4, 0.5) is 0 Å². The van der Waals surface area contributed by atoms with Gasteiger partial charge < -0.3 is 10.4 Å². The molecule has 0 radical (unpaired) electrons. The minimum atomic E-state index is -0.289. The second-order valence-corrected chi connectivity index (χ2v) is 6.35. The quantitative estimate of drug-likeness (QED) is 0.516. The monoisotopic (exact) mass is 362 g/mol. The summed E-state index contributed by atoms with van der Waals surface area (Å²) < 4.78 is 1.48. The van der Waals surface area contributed by atoms with Gasteiger partial charge in [0.25, 0.3) is 11.5 Å². The van der Waals surface area contributed by atoms with Crippen molar-refractivity contribution >= 4 is 27.7 Å². The molecule has 0 aliphatic rings. The standard InChI is InChI=1S/C20H18N4O3/c1-12-2-5-14(6-3-12)24-20(27)16-11-22-17-7-4-13(19(26)21-8-9-25)10-15(17)18(16)23-24/h2-7,10-11,23,25H,8-9H2,1H3,(H,21,26). The first-order chi connectivity index (χ1) is 13.1. The van der Waals surface area contributed by atoms with E-state index in [1.165, 1.54) is 4.68 Å². The van der Waals surface area contributed by atoms with Crippen molar-refractivity contribution < 1.29 is 9.90 Å². The van der Waals surface area contributed by atoms with E-state index in [0.29, 0.717) is 27.4 Å². The van der Waals surface area contributed by atoms with E-state index in [9.17, 15) is 9.59 Å². The van der Waals surface area contributed by atoms with Gasteiger partial charge in [-0.25, -0.2) is 4.68 Å². The van der Waals surface area contributed by atoms with Crippen LogP contribution in [0.3, 0.4) is 0 Å². The molecule has 4 rings (SSSR count). The Balaban J connectivity index is 1.89. The molecule has 0 fully saturated rings. The Morgan fingerprint density at radius 1 is 1.19 bits per heavy atom. The fourth-order valence-corrected chi connectivity index (χ4v) is 3.05. The van der Waals surface area contributed by atoms with Crippen LogP contribution in [0.15, 0.2) is 53.5 Å². The predicted octanol–water partition coefficient (Wildman–Crippen LogP) is 1.90. The van der Waals surface area contributed by atoms with Crippen molar-refractivity contribution in [2.24, 2.45) is 0 Å². The third kappa shape index (κ3) is 2.98. The summed E-state index contributed by atoms with van der Waals surface area (Å²) in [5.41, 5.74) is 3.38. The largest absolute Gasteiger partial charge is 0.395 e. The zero-order valence-electron chi connectivity index (χ0n) is 14.7. The number of aromatic amines is 1. The van der Waals surface area contributed by atoms with Gasteiger partial charge in [0.15, 0.2) is 0 Å². The van der Waals surface area contributed by atoms with Crippen LogP contribution in [-0.4, -0.2) is 38.9 Å². The fourth-order valence-electron chi connectivity index (χ4n) is 3.05. The number of carbonyl (C=O) groups excluding carboxylic acids is 1. The number of aryl methyl sites for hydroxylation is 1. The lowest BCUT2D eigenvalue weighted by molar-refractivity contribution is 0.0945. The maximum atomic E-state index is 12.8. The van der Waals surface area contributed by atoms with Gasteiger partial charge in [0.2, 0.25) is 0 Å². The lowest BCUT2D eigenvalue weighted by Crippen LogP contribution is -2.26. The van der Waals surface area contributed by atoms with Crippen LogP contribution in [0, 0.1) is 6.92 Å². The molecule has 0 atom stereocenters. The summed E-state index contributed by atoms with van der Waals surface area (Å²) in [6.07, 6.45) is 1.55. The highest BCUT2D eigenvalue weighted by atomic mass is 16.3. The van der Waals surface area contributed by atoms with Crippen LogP contribution >= 0.6 is 0 Å². The molecular formula is C20H18N4O3. The Hall–Kier alpha value is -3.45. The molecule has 7 heteroatoms. The van der Waals surface area contributed by atoms with Gasteiger partial charge in [-0.1, -0.05) is 17.7 Å². The normalized spacial score (nSPS) is 11.2. The van der Waals surface area contributed by atoms with Crippen molar-refractivity contribution in [3.05, 3.63) is 70.1 Å². The van der Waals surface area contributed by atoms with E-state index < -0.39 is 0 Å². The molecule has 2 heterocycles. The number of pyridine rings is 1. The summed E-state index contributed by atoms with van der Waals surface area (Å²) in [7, 11) is 0. The SMILES string of the molecule is Cc1ccc(-n2[nH]c3c(cnc4ccc(C(=O)NCCO)cc43)c2=O)cc1. The van der Waals surface area contributed by atoms with E-state index in [1.54, 1.807) is 24.4 Å². The molecular weight excluding hydrogens is 344 g/mol. The van der Waals surface area contributed by atoms with Gasteiger partial charge in [0.1, 0.15) is 0 Å². The van der Waals surface area contributed by atoms with Crippen LogP contribution < -0.4 is 10.9 Å². The van der Waals surface area contributed by atoms with Gasteiger partial charge in [-0.15, -0.1) is 0 Å². The maximum absolute atomic E-state index is 12.8. The Kier molecular flexibility index (Phi) is 4.21. The highest BCUT2D eigenvalue weighted by Gasteiger charge is 2.14. The highest BCUT2D eigenvalue weighted by molar-refractivity contribution is 6.06. The summed E-state index contributed by atoms with van der Waals surface area (Å²) in [6.45, 7) is 2.04. The topological polar surface area (TPSA) is 100 Å².